The minimum Gasteiger partial charge on any atom is -0.297 e. The second kappa shape index (κ2) is 5.29. The minimum atomic E-state index is 0.559. The first kappa shape index (κ1) is 10.7. The monoisotopic (exact) mass is 205 g/mol. The molecule has 1 saturated carbocycles. The van der Waals surface area contributed by atoms with Crippen molar-refractivity contribution in [3.05, 3.63) is 35.9 Å². The maximum absolute atomic E-state index is 5.50. The van der Waals surface area contributed by atoms with Crippen LogP contribution in [-0.4, -0.2) is 6.04 Å². The van der Waals surface area contributed by atoms with Crippen LogP contribution in [0, 0.1) is 5.92 Å². The first-order chi connectivity index (χ1) is 7.34. The highest BCUT2D eigenvalue weighted by Crippen LogP contribution is 2.24. The van der Waals surface area contributed by atoms with E-state index in [1.54, 1.807) is 0 Å². The first-order valence-electron chi connectivity index (χ1n) is 5.76. The van der Waals surface area contributed by atoms with Crippen molar-refractivity contribution in [1.82, 2.24) is 5.48 Å². The molecule has 1 aliphatic carbocycles. The molecule has 1 aliphatic rings. The van der Waals surface area contributed by atoms with Crippen LogP contribution in [0.15, 0.2) is 30.3 Å². The fourth-order valence-corrected chi connectivity index (χ4v) is 2.13. The van der Waals surface area contributed by atoms with Gasteiger partial charge in [0.25, 0.3) is 0 Å². The highest BCUT2D eigenvalue weighted by atomic mass is 16.6. The van der Waals surface area contributed by atoms with Crippen molar-refractivity contribution in [2.24, 2.45) is 5.92 Å². The van der Waals surface area contributed by atoms with Crippen molar-refractivity contribution in [2.75, 3.05) is 0 Å². The molecule has 2 heteroatoms. The van der Waals surface area contributed by atoms with Crippen LogP contribution < -0.4 is 5.48 Å². The molecular formula is C13H19NO. The van der Waals surface area contributed by atoms with Gasteiger partial charge in [0.05, 0.1) is 6.61 Å². The van der Waals surface area contributed by atoms with Crippen LogP contribution in [0.3, 0.4) is 0 Å². The van der Waals surface area contributed by atoms with Gasteiger partial charge in [-0.25, -0.2) is 0 Å². The number of benzene rings is 1. The first-order valence-corrected chi connectivity index (χ1v) is 5.76. The van der Waals surface area contributed by atoms with Gasteiger partial charge < -0.3 is 0 Å². The average molecular weight is 205 g/mol. The number of hydrogen-bond acceptors (Lipinski definition) is 2. The summed E-state index contributed by atoms with van der Waals surface area (Å²) in [4.78, 5) is 5.50. The molecule has 1 aromatic carbocycles. The molecule has 0 bridgehead atoms. The van der Waals surface area contributed by atoms with E-state index in [0.717, 1.165) is 5.92 Å². The standard InChI is InChI=1S/C13H19NO/c1-11-7-8-13(9-11)14-15-10-12-5-3-2-4-6-12/h2-6,11,13-14H,7-10H2,1H3. The van der Waals surface area contributed by atoms with Crippen molar-refractivity contribution in [3.8, 4) is 0 Å². The zero-order valence-corrected chi connectivity index (χ0v) is 9.28. The van der Waals surface area contributed by atoms with Crippen molar-refractivity contribution in [3.63, 3.8) is 0 Å². The van der Waals surface area contributed by atoms with Crippen LogP contribution in [0.4, 0.5) is 0 Å². The van der Waals surface area contributed by atoms with Gasteiger partial charge in [-0.3, -0.25) is 4.84 Å². The SMILES string of the molecule is CC1CCC(NOCc2ccccc2)C1. The summed E-state index contributed by atoms with van der Waals surface area (Å²) in [7, 11) is 0. The van der Waals surface area contributed by atoms with Gasteiger partial charge in [-0.15, -0.1) is 0 Å². The molecule has 1 aromatic rings. The molecule has 82 valence electrons. The Kier molecular flexibility index (Phi) is 3.75. The normalized spacial score (nSPS) is 25.7. The molecule has 1 N–H and O–H groups in total. The minimum absolute atomic E-state index is 0.559. The molecule has 2 rings (SSSR count). The van der Waals surface area contributed by atoms with E-state index in [0.29, 0.717) is 12.6 Å². The smallest absolute Gasteiger partial charge is 0.0933 e. The third kappa shape index (κ3) is 3.33. The summed E-state index contributed by atoms with van der Waals surface area (Å²) in [6.45, 7) is 2.96. The van der Waals surface area contributed by atoms with Gasteiger partial charge in [-0.2, -0.15) is 5.48 Å². The van der Waals surface area contributed by atoms with Crippen LogP contribution in [0.1, 0.15) is 31.7 Å². The van der Waals surface area contributed by atoms with Gasteiger partial charge in [0.15, 0.2) is 0 Å². The average Bonchev–Trinajstić information content (AvgIpc) is 2.66. The Balaban J connectivity index is 1.67. The summed E-state index contributed by atoms with van der Waals surface area (Å²) in [5, 5.41) is 0. The summed E-state index contributed by atoms with van der Waals surface area (Å²) < 4.78 is 0. The molecule has 0 radical (unpaired) electrons. The van der Waals surface area contributed by atoms with E-state index in [1.165, 1.54) is 24.8 Å². The summed E-state index contributed by atoms with van der Waals surface area (Å²) in [5.74, 6) is 0.850. The third-order valence-corrected chi connectivity index (χ3v) is 3.03. The predicted octanol–water partition coefficient (Wildman–Crippen LogP) is 2.90. The molecule has 2 atom stereocenters. The fourth-order valence-electron chi connectivity index (χ4n) is 2.13. The summed E-state index contributed by atoms with van der Waals surface area (Å²) in [6, 6.07) is 10.8. The van der Waals surface area contributed by atoms with Crippen molar-refractivity contribution >= 4 is 0 Å². The fraction of sp³-hybridized carbons (Fsp3) is 0.538. The van der Waals surface area contributed by atoms with Gasteiger partial charge in [0.1, 0.15) is 0 Å². The zero-order valence-electron chi connectivity index (χ0n) is 9.28. The van der Waals surface area contributed by atoms with Crippen LogP contribution in [0.5, 0.6) is 0 Å². The van der Waals surface area contributed by atoms with Gasteiger partial charge in [-0.1, -0.05) is 37.3 Å². The summed E-state index contributed by atoms with van der Waals surface area (Å²) in [5.41, 5.74) is 4.38. The molecule has 2 nitrogen and oxygen atoms in total. The van der Waals surface area contributed by atoms with Crippen LogP contribution in [0.25, 0.3) is 0 Å². The maximum atomic E-state index is 5.50. The van der Waals surface area contributed by atoms with E-state index in [4.69, 9.17) is 4.84 Å². The van der Waals surface area contributed by atoms with Gasteiger partial charge in [-0.05, 0) is 30.7 Å². The van der Waals surface area contributed by atoms with Gasteiger partial charge >= 0.3 is 0 Å². The van der Waals surface area contributed by atoms with Crippen LogP contribution in [0.2, 0.25) is 0 Å². The van der Waals surface area contributed by atoms with Gasteiger partial charge in [0.2, 0.25) is 0 Å². The molecule has 0 amide bonds. The van der Waals surface area contributed by atoms with E-state index >= 15 is 0 Å². The predicted molar refractivity (Wildman–Crippen MR) is 61.2 cm³/mol. The lowest BCUT2D eigenvalue weighted by molar-refractivity contribution is 0.00439. The highest BCUT2D eigenvalue weighted by Gasteiger charge is 2.20. The lowest BCUT2D eigenvalue weighted by atomic mass is 10.1. The highest BCUT2D eigenvalue weighted by molar-refractivity contribution is 5.13. The van der Waals surface area contributed by atoms with E-state index in [-0.39, 0.29) is 0 Å². The second-order valence-electron chi connectivity index (χ2n) is 4.51. The Bertz CT molecular complexity index is 286. The number of hydrogen-bond donors (Lipinski definition) is 1. The molecule has 1 fully saturated rings. The molecule has 0 aromatic heterocycles. The number of rotatable bonds is 4. The van der Waals surface area contributed by atoms with Crippen LogP contribution >= 0.6 is 0 Å². The molecule has 2 unspecified atom stereocenters. The Morgan fingerprint density at radius 2 is 2.07 bits per heavy atom. The van der Waals surface area contributed by atoms with E-state index in [1.807, 2.05) is 18.2 Å². The van der Waals surface area contributed by atoms with Crippen molar-refractivity contribution in [2.45, 2.75) is 38.8 Å². The van der Waals surface area contributed by atoms with E-state index in [9.17, 15) is 0 Å². The summed E-state index contributed by atoms with van der Waals surface area (Å²) >= 11 is 0. The molecule has 0 aliphatic heterocycles. The second-order valence-corrected chi connectivity index (χ2v) is 4.51. The Morgan fingerprint density at radius 3 is 2.73 bits per heavy atom. The lowest BCUT2D eigenvalue weighted by Crippen LogP contribution is -2.26. The molecule has 0 saturated heterocycles. The Morgan fingerprint density at radius 1 is 1.27 bits per heavy atom. The Labute approximate surface area is 91.6 Å². The van der Waals surface area contributed by atoms with E-state index in [2.05, 4.69) is 24.5 Å². The number of hydroxylamine groups is 1. The van der Waals surface area contributed by atoms with Gasteiger partial charge in [0, 0.05) is 6.04 Å². The van der Waals surface area contributed by atoms with Crippen LogP contribution in [-0.2, 0) is 11.4 Å². The molecule has 0 spiro atoms. The van der Waals surface area contributed by atoms with E-state index < -0.39 is 0 Å². The zero-order chi connectivity index (χ0) is 10.5. The van der Waals surface area contributed by atoms with Crippen molar-refractivity contribution < 1.29 is 4.84 Å². The third-order valence-electron chi connectivity index (χ3n) is 3.03. The topological polar surface area (TPSA) is 21.3 Å². The molecular weight excluding hydrogens is 186 g/mol. The lowest BCUT2D eigenvalue weighted by Gasteiger charge is -2.12. The summed E-state index contributed by atoms with van der Waals surface area (Å²) in [6.07, 6.45) is 3.82. The Hall–Kier alpha value is -0.860. The number of nitrogens with one attached hydrogen (secondary N) is 1. The van der Waals surface area contributed by atoms with Crippen molar-refractivity contribution in [1.29, 1.82) is 0 Å². The maximum Gasteiger partial charge on any atom is 0.0933 e. The molecule has 0 heterocycles. The quantitative estimate of drug-likeness (QED) is 0.763. The largest absolute Gasteiger partial charge is 0.297 e. The molecule has 15 heavy (non-hydrogen) atoms.